The van der Waals surface area contributed by atoms with Crippen molar-refractivity contribution in [1.82, 2.24) is 0 Å². The summed E-state index contributed by atoms with van der Waals surface area (Å²) in [6.45, 7) is 0. The van der Waals surface area contributed by atoms with Crippen LogP contribution in [0.3, 0.4) is 0 Å². The van der Waals surface area contributed by atoms with Gasteiger partial charge in [-0.05, 0) is 84.9 Å². The molecule has 0 heterocycles. The zero-order valence-corrected chi connectivity index (χ0v) is 21.9. The standard InChI is InChI=1S/C30H28N2O7/c1-35-25-15-5-19(17-27(25)37-3)29(33)31-21-7-11-23(12-8-21)39-24-13-9-22(10-14-24)32-30(34)20-6-16-26(36-2)28(18-20)38-4/h5-18H,1-4H3,(H,31,33)(H,32,34). The van der Waals surface area contributed by atoms with Crippen LogP contribution in [-0.4, -0.2) is 40.3 Å². The normalized spacial score (nSPS) is 10.3. The quantitative estimate of drug-likeness (QED) is 0.259. The molecule has 0 fully saturated rings. The summed E-state index contributed by atoms with van der Waals surface area (Å²) in [6.07, 6.45) is 0. The number of nitrogens with one attached hydrogen (secondary N) is 2. The van der Waals surface area contributed by atoms with Crippen LogP contribution in [0, 0.1) is 0 Å². The largest absolute Gasteiger partial charge is 0.493 e. The molecule has 9 nitrogen and oxygen atoms in total. The van der Waals surface area contributed by atoms with E-state index in [1.165, 1.54) is 28.4 Å². The molecule has 0 saturated heterocycles. The molecule has 4 aromatic rings. The minimum absolute atomic E-state index is 0.282. The third-order valence-corrected chi connectivity index (χ3v) is 5.75. The van der Waals surface area contributed by atoms with E-state index >= 15 is 0 Å². The molecule has 0 bridgehead atoms. The van der Waals surface area contributed by atoms with Crippen LogP contribution in [0.1, 0.15) is 20.7 Å². The molecule has 0 aliphatic rings. The van der Waals surface area contributed by atoms with Crippen LogP contribution >= 0.6 is 0 Å². The average Bonchev–Trinajstić information content (AvgIpc) is 2.98. The Labute approximate surface area is 226 Å². The molecule has 9 heteroatoms. The Morgan fingerprint density at radius 1 is 0.487 bits per heavy atom. The van der Waals surface area contributed by atoms with Crippen molar-refractivity contribution in [1.29, 1.82) is 0 Å². The Bertz CT molecular complexity index is 1340. The van der Waals surface area contributed by atoms with E-state index in [0.29, 0.717) is 57.0 Å². The topological polar surface area (TPSA) is 104 Å². The van der Waals surface area contributed by atoms with Crippen molar-refractivity contribution in [3.05, 3.63) is 96.1 Å². The van der Waals surface area contributed by atoms with Gasteiger partial charge in [-0.3, -0.25) is 9.59 Å². The summed E-state index contributed by atoms with van der Waals surface area (Å²) in [5.74, 6) is 2.64. The van der Waals surface area contributed by atoms with Gasteiger partial charge in [0, 0.05) is 22.5 Å². The van der Waals surface area contributed by atoms with E-state index in [0.717, 1.165) is 0 Å². The molecule has 2 amide bonds. The van der Waals surface area contributed by atoms with E-state index in [-0.39, 0.29) is 11.8 Å². The van der Waals surface area contributed by atoms with Crippen LogP contribution in [0.25, 0.3) is 0 Å². The summed E-state index contributed by atoms with van der Waals surface area (Å²) >= 11 is 0. The molecule has 200 valence electrons. The van der Waals surface area contributed by atoms with Gasteiger partial charge >= 0.3 is 0 Å². The van der Waals surface area contributed by atoms with Gasteiger partial charge in [-0.2, -0.15) is 0 Å². The van der Waals surface area contributed by atoms with Gasteiger partial charge in [0.25, 0.3) is 11.8 Å². The van der Waals surface area contributed by atoms with Crippen molar-refractivity contribution in [3.8, 4) is 34.5 Å². The number of rotatable bonds is 10. The number of anilines is 2. The summed E-state index contributed by atoms with van der Waals surface area (Å²) in [5, 5.41) is 5.69. The zero-order chi connectivity index (χ0) is 27.8. The molecule has 39 heavy (non-hydrogen) atoms. The van der Waals surface area contributed by atoms with Gasteiger partial charge < -0.3 is 34.3 Å². The summed E-state index contributed by atoms with van der Waals surface area (Å²) in [7, 11) is 6.11. The van der Waals surface area contributed by atoms with Crippen LogP contribution in [-0.2, 0) is 0 Å². The highest BCUT2D eigenvalue weighted by Crippen LogP contribution is 2.30. The molecule has 2 N–H and O–H groups in total. The zero-order valence-electron chi connectivity index (χ0n) is 21.9. The SMILES string of the molecule is COc1ccc(C(=O)Nc2ccc(Oc3ccc(NC(=O)c4ccc(OC)c(OC)c4)cc3)cc2)cc1OC. The van der Waals surface area contributed by atoms with E-state index in [4.69, 9.17) is 23.7 Å². The van der Waals surface area contributed by atoms with Gasteiger partial charge in [0.2, 0.25) is 0 Å². The van der Waals surface area contributed by atoms with Crippen molar-refractivity contribution < 1.29 is 33.3 Å². The number of carbonyl (C=O) groups is 2. The molecule has 0 radical (unpaired) electrons. The molecule has 0 unspecified atom stereocenters. The average molecular weight is 529 g/mol. The lowest BCUT2D eigenvalue weighted by atomic mass is 10.1. The van der Waals surface area contributed by atoms with Crippen molar-refractivity contribution in [2.75, 3.05) is 39.1 Å². The van der Waals surface area contributed by atoms with Crippen molar-refractivity contribution in [3.63, 3.8) is 0 Å². The highest BCUT2D eigenvalue weighted by Gasteiger charge is 2.13. The molecule has 0 spiro atoms. The second-order valence-corrected chi connectivity index (χ2v) is 8.20. The van der Waals surface area contributed by atoms with Crippen molar-refractivity contribution >= 4 is 23.2 Å². The molecule has 0 aliphatic carbocycles. The maximum atomic E-state index is 12.6. The third kappa shape index (κ3) is 6.58. The van der Waals surface area contributed by atoms with Gasteiger partial charge in [0.1, 0.15) is 11.5 Å². The number of benzene rings is 4. The summed E-state index contributed by atoms with van der Waals surface area (Å²) in [4.78, 5) is 25.3. The summed E-state index contributed by atoms with van der Waals surface area (Å²) in [5.41, 5.74) is 2.09. The first-order valence-corrected chi connectivity index (χ1v) is 11.9. The lowest BCUT2D eigenvalue weighted by Crippen LogP contribution is -2.12. The number of ether oxygens (including phenoxy) is 5. The van der Waals surface area contributed by atoms with Crippen LogP contribution in [0.4, 0.5) is 11.4 Å². The Morgan fingerprint density at radius 3 is 1.18 bits per heavy atom. The highest BCUT2D eigenvalue weighted by molar-refractivity contribution is 6.05. The maximum Gasteiger partial charge on any atom is 0.255 e. The number of carbonyl (C=O) groups excluding carboxylic acids is 2. The van der Waals surface area contributed by atoms with Gasteiger partial charge in [-0.1, -0.05) is 0 Å². The molecule has 4 aromatic carbocycles. The minimum Gasteiger partial charge on any atom is -0.493 e. The van der Waals surface area contributed by atoms with Crippen LogP contribution in [0.15, 0.2) is 84.9 Å². The Morgan fingerprint density at radius 2 is 0.846 bits per heavy atom. The first kappa shape index (κ1) is 26.9. The lowest BCUT2D eigenvalue weighted by Gasteiger charge is -2.11. The Kier molecular flexibility index (Phi) is 8.53. The Hall–Kier alpha value is -5.18. The van der Waals surface area contributed by atoms with E-state index in [9.17, 15) is 9.59 Å². The Balaban J connectivity index is 1.34. The first-order valence-electron chi connectivity index (χ1n) is 11.9. The first-order chi connectivity index (χ1) is 18.9. The van der Waals surface area contributed by atoms with Crippen LogP contribution in [0.2, 0.25) is 0 Å². The predicted molar refractivity (Wildman–Crippen MR) is 148 cm³/mol. The number of amides is 2. The number of methoxy groups -OCH3 is 4. The molecule has 0 aliphatic heterocycles. The molecule has 0 aromatic heterocycles. The predicted octanol–water partition coefficient (Wildman–Crippen LogP) is 6.02. The molecular formula is C30H28N2O7. The van der Waals surface area contributed by atoms with Gasteiger partial charge in [0.05, 0.1) is 28.4 Å². The third-order valence-electron chi connectivity index (χ3n) is 5.75. The van der Waals surface area contributed by atoms with Crippen molar-refractivity contribution in [2.24, 2.45) is 0 Å². The fourth-order valence-corrected chi connectivity index (χ4v) is 3.71. The van der Waals surface area contributed by atoms with E-state index in [2.05, 4.69) is 10.6 Å². The number of hydrogen-bond donors (Lipinski definition) is 2. The van der Waals surface area contributed by atoms with E-state index < -0.39 is 0 Å². The molecule has 4 rings (SSSR count). The molecular weight excluding hydrogens is 500 g/mol. The van der Waals surface area contributed by atoms with E-state index in [1.807, 2.05) is 0 Å². The molecule has 0 atom stereocenters. The fourth-order valence-electron chi connectivity index (χ4n) is 3.71. The highest BCUT2D eigenvalue weighted by atomic mass is 16.5. The van der Waals surface area contributed by atoms with Crippen LogP contribution < -0.4 is 34.3 Å². The van der Waals surface area contributed by atoms with Gasteiger partial charge in [0.15, 0.2) is 23.0 Å². The van der Waals surface area contributed by atoms with Crippen molar-refractivity contribution in [2.45, 2.75) is 0 Å². The number of hydrogen-bond acceptors (Lipinski definition) is 7. The monoisotopic (exact) mass is 528 g/mol. The van der Waals surface area contributed by atoms with Gasteiger partial charge in [-0.25, -0.2) is 0 Å². The fraction of sp³-hybridized carbons (Fsp3) is 0.133. The minimum atomic E-state index is -0.282. The lowest BCUT2D eigenvalue weighted by molar-refractivity contribution is 0.101. The summed E-state index contributed by atoms with van der Waals surface area (Å²) in [6, 6.07) is 23.9. The summed E-state index contributed by atoms with van der Waals surface area (Å²) < 4.78 is 26.8. The van der Waals surface area contributed by atoms with E-state index in [1.54, 1.807) is 84.9 Å². The molecule has 0 saturated carbocycles. The smallest absolute Gasteiger partial charge is 0.255 e. The second-order valence-electron chi connectivity index (χ2n) is 8.20. The van der Waals surface area contributed by atoms with Gasteiger partial charge in [-0.15, -0.1) is 0 Å². The second kappa shape index (κ2) is 12.4. The van der Waals surface area contributed by atoms with Crippen LogP contribution in [0.5, 0.6) is 34.5 Å². The maximum absolute atomic E-state index is 12.6.